The minimum atomic E-state index is -0.0474. The van der Waals surface area contributed by atoms with Crippen LogP contribution in [0, 0.1) is 5.92 Å². The molecule has 2 rings (SSSR count). The Hall–Kier alpha value is -1.32. The van der Waals surface area contributed by atoms with Crippen molar-refractivity contribution in [2.75, 3.05) is 5.32 Å². The van der Waals surface area contributed by atoms with Gasteiger partial charge in [-0.2, -0.15) is 0 Å². The van der Waals surface area contributed by atoms with E-state index in [0.717, 1.165) is 36.8 Å². The van der Waals surface area contributed by atoms with Gasteiger partial charge in [-0.3, -0.25) is 4.79 Å². The summed E-state index contributed by atoms with van der Waals surface area (Å²) in [5.41, 5.74) is -0.0474. The Morgan fingerprint density at radius 3 is 2.74 bits per heavy atom. The van der Waals surface area contributed by atoms with Crippen LogP contribution in [0.15, 0.2) is 10.9 Å². The van der Waals surface area contributed by atoms with E-state index in [2.05, 4.69) is 36.1 Å². The number of nitrogens with zero attached hydrogens (tertiary/aromatic N) is 1. The quantitative estimate of drug-likeness (QED) is 0.793. The first-order valence-electron chi connectivity index (χ1n) is 7.42. The van der Waals surface area contributed by atoms with Crippen molar-refractivity contribution in [1.29, 1.82) is 0 Å². The van der Waals surface area contributed by atoms with E-state index >= 15 is 0 Å². The predicted molar refractivity (Wildman–Crippen MR) is 78.6 cm³/mol. The fourth-order valence-electron chi connectivity index (χ4n) is 2.26. The molecule has 0 aromatic carbocycles. The normalized spacial score (nSPS) is 16.6. The Morgan fingerprint density at radius 2 is 2.11 bits per heavy atom. The maximum Gasteiger partial charge on any atom is 0.252 e. The van der Waals surface area contributed by atoms with Crippen LogP contribution in [0.25, 0.3) is 0 Å². The monoisotopic (exact) mass is 263 g/mol. The number of rotatable bonds is 7. The second-order valence-corrected chi connectivity index (χ2v) is 6.16. The SMILES string of the molecule is CC(C)CCCC(C)Nc1cc(=O)[nH]c(C2CC2)n1. The molecule has 0 saturated heterocycles. The molecule has 0 radical (unpaired) electrons. The van der Waals surface area contributed by atoms with Crippen LogP contribution in [0.5, 0.6) is 0 Å². The van der Waals surface area contributed by atoms with Crippen molar-refractivity contribution < 1.29 is 0 Å². The molecule has 0 aliphatic heterocycles. The van der Waals surface area contributed by atoms with Gasteiger partial charge in [0.1, 0.15) is 11.6 Å². The average Bonchev–Trinajstić information content (AvgIpc) is 3.10. The minimum absolute atomic E-state index is 0.0474. The van der Waals surface area contributed by atoms with E-state index in [0.29, 0.717) is 12.0 Å². The van der Waals surface area contributed by atoms with Gasteiger partial charge < -0.3 is 10.3 Å². The number of aromatic nitrogens is 2. The van der Waals surface area contributed by atoms with Crippen LogP contribution < -0.4 is 10.9 Å². The van der Waals surface area contributed by atoms with Crippen molar-refractivity contribution in [2.45, 2.75) is 64.8 Å². The van der Waals surface area contributed by atoms with Gasteiger partial charge in [-0.05, 0) is 32.1 Å². The Bertz CT molecular complexity index is 463. The summed E-state index contributed by atoms with van der Waals surface area (Å²) in [6.45, 7) is 6.65. The molecule has 4 heteroatoms. The van der Waals surface area contributed by atoms with Gasteiger partial charge in [-0.25, -0.2) is 4.98 Å². The first-order chi connectivity index (χ1) is 9.04. The summed E-state index contributed by atoms with van der Waals surface area (Å²) in [6.07, 6.45) is 5.88. The molecule has 106 valence electrons. The Morgan fingerprint density at radius 1 is 1.37 bits per heavy atom. The van der Waals surface area contributed by atoms with Gasteiger partial charge in [-0.1, -0.05) is 26.7 Å². The predicted octanol–water partition coefficient (Wildman–Crippen LogP) is 3.27. The van der Waals surface area contributed by atoms with Crippen molar-refractivity contribution in [3.8, 4) is 0 Å². The van der Waals surface area contributed by atoms with Gasteiger partial charge in [0.25, 0.3) is 5.56 Å². The molecule has 1 saturated carbocycles. The van der Waals surface area contributed by atoms with Gasteiger partial charge in [0.2, 0.25) is 0 Å². The molecule has 1 atom stereocenters. The van der Waals surface area contributed by atoms with Crippen LogP contribution in [-0.2, 0) is 0 Å². The first kappa shape index (κ1) is 14.1. The van der Waals surface area contributed by atoms with Crippen molar-refractivity contribution in [1.82, 2.24) is 9.97 Å². The molecule has 1 fully saturated rings. The standard InChI is InChI=1S/C15H25N3O/c1-10(2)5-4-6-11(3)16-13-9-14(19)18-15(17-13)12-7-8-12/h9-12H,4-8H2,1-3H3,(H2,16,17,18,19). The van der Waals surface area contributed by atoms with E-state index < -0.39 is 0 Å². The molecule has 1 aliphatic rings. The zero-order valence-electron chi connectivity index (χ0n) is 12.2. The topological polar surface area (TPSA) is 57.8 Å². The summed E-state index contributed by atoms with van der Waals surface area (Å²) in [5, 5.41) is 3.35. The van der Waals surface area contributed by atoms with Crippen molar-refractivity contribution >= 4 is 5.82 Å². The van der Waals surface area contributed by atoms with Gasteiger partial charge in [-0.15, -0.1) is 0 Å². The molecule has 2 N–H and O–H groups in total. The molecular formula is C15H25N3O. The summed E-state index contributed by atoms with van der Waals surface area (Å²) >= 11 is 0. The highest BCUT2D eigenvalue weighted by atomic mass is 16.1. The molecular weight excluding hydrogens is 238 g/mol. The molecule has 1 aromatic rings. The number of anilines is 1. The number of H-pyrrole nitrogens is 1. The molecule has 1 aromatic heterocycles. The third-order valence-corrected chi connectivity index (χ3v) is 3.54. The molecule has 1 unspecified atom stereocenters. The molecule has 0 spiro atoms. The minimum Gasteiger partial charge on any atom is -0.367 e. The fourth-order valence-corrected chi connectivity index (χ4v) is 2.26. The highest BCUT2D eigenvalue weighted by molar-refractivity contribution is 5.34. The van der Waals surface area contributed by atoms with Crippen LogP contribution in [0.2, 0.25) is 0 Å². The van der Waals surface area contributed by atoms with Gasteiger partial charge in [0, 0.05) is 18.0 Å². The third kappa shape index (κ3) is 4.69. The third-order valence-electron chi connectivity index (χ3n) is 3.54. The fraction of sp³-hybridized carbons (Fsp3) is 0.733. The summed E-state index contributed by atoms with van der Waals surface area (Å²) in [7, 11) is 0. The largest absolute Gasteiger partial charge is 0.367 e. The molecule has 0 amide bonds. The van der Waals surface area contributed by atoms with Crippen LogP contribution >= 0.6 is 0 Å². The lowest BCUT2D eigenvalue weighted by molar-refractivity contribution is 0.520. The number of nitrogens with one attached hydrogen (secondary N) is 2. The Labute approximate surface area is 115 Å². The summed E-state index contributed by atoms with van der Waals surface area (Å²) in [5.74, 6) is 2.81. The molecule has 1 aliphatic carbocycles. The molecule has 4 nitrogen and oxygen atoms in total. The summed E-state index contributed by atoms with van der Waals surface area (Å²) < 4.78 is 0. The highest BCUT2D eigenvalue weighted by Crippen LogP contribution is 2.37. The van der Waals surface area contributed by atoms with Gasteiger partial charge in [0.05, 0.1) is 0 Å². The van der Waals surface area contributed by atoms with E-state index in [1.54, 1.807) is 6.07 Å². The lowest BCUT2D eigenvalue weighted by Crippen LogP contribution is -2.19. The van der Waals surface area contributed by atoms with Crippen LogP contribution in [-0.4, -0.2) is 16.0 Å². The summed E-state index contributed by atoms with van der Waals surface area (Å²) in [4.78, 5) is 18.9. The number of hydrogen-bond donors (Lipinski definition) is 2. The van der Waals surface area contributed by atoms with E-state index in [1.165, 1.54) is 12.8 Å². The van der Waals surface area contributed by atoms with E-state index in [-0.39, 0.29) is 5.56 Å². The Kier molecular flexibility index (Phi) is 4.61. The van der Waals surface area contributed by atoms with E-state index in [4.69, 9.17) is 0 Å². The van der Waals surface area contributed by atoms with Crippen LogP contribution in [0.3, 0.4) is 0 Å². The smallest absolute Gasteiger partial charge is 0.252 e. The van der Waals surface area contributed by atoms with Gasteiger partial charge in [0.15, 0.2) is 0 Å². The van der Waals surface area contributed by atoms with E-state index in [1.807, 2.05) is 0 Å². The van der Waals surface area contributed by atoms with Crippen molar-refractivity contribution in [2.24, 2.45) is 5.92 Å². The second-order valence-electron chi connectivity index (χ2n) is 6.16. The second kappa shape index (κ2) is 6.22. The zero-order valence-corrected chi connectivity index (χ0v) is 12.2. The zero-order chi connectivity index (χ0) is 13.8. The summed E-state index contributed by atoms with van der Waals surface area (Å²) in [6, 6.07) is 1.92. The van der Waals surface area contributed by atoms with Crippen LogP contribution in [0.1, 0.15) is 64.6 Å². The maximum absolute atomic E-state index is 11.6. The molecule has 0 bridgehead atoms. The van der Waals surface area contributed by atoms with Crippen molar-refractivity contribution in [3.63, 3.8) is 0 Å². The average molecular weight is 263 g/mol. The van der Waals surface area contributed by atoms with Crippen LogP contribution in [0.4, 0.5) is 5.82 Å². The Balaban J connectivity index is 1.89. The van der Waals surface area contributed by atoms with Crippen molar-refractivity contribution in [3.05, 3.63) is 22.2 Å². The molecule has 1 heterocycles. The highest BCUT2D eigenvalue weighted by Gasteiger charge is 2.26. The number of aromatic amines is 1. The lowest BCUT2D eigenvalue weighted by Gasteiger charge is -2.15. The first-order valence-corrected chi connectivity index (χ1v) is 7.42. The van der Waals surface area contributed by atoms with E-state index in [9.17, 15) is 4.79 Å². The number of hydrogen-bond acceptors (Lipinski definition) is 3. The van der Waals surface area contributed by atoms with Gasteiger partial charge >= 0.3 is 0 Å². The maximum atomic E-state index is 11.6. The molecule has 19 heavy (non-hydrogen) atoms. The lowest BCUT2D eigenvalue weighted by atomic mass is 10.0.